The largest absolute Gasteiger partial charge is 0.0946 e. The molecule has 0 saturated heterocycles. The van der Waals surface area contributed by atoms with Gasteiger partial charge < -0.3 is 0 Å². The van der Waals surface area contributed by atoms with E-state index in [1.54, 1.807) is 15.6 Å². The monoisotopic (exact) mass is 320 g/mol. The van der Waals surface area contributed by atoms with Gasteiger partial charge in [-0.3, -0.25) is 0 Å². The molecule has 21 heavy (non-hydrogen) atoms. The Morgan fingerprint density at radius 1 is 0.476 bits per heavy atom. The molecular formula is C18H20Si3. The summed E-state index contributed by atoms with van der Waals surface area (Å²) in [5, 5.41) is 4.87. The van der Waals surface area contributed by atoms with Crippen LogP contribution in [0.5, 0.6) is 0 Å². The molecule has 0 nitrogen and oxygen atoms in total. The fraction of sp³-hybridized carbons (Fsp3) is 0. The van der Waals surface area contributed by atoms with Crippen molar-refractivity contribution < 1.29 is 0 Å². The molecule has 0 aliphatic heterocycles. The first-order valence-electron chi connectivity index (χ1n) is 7.51. The van der Waals surface area contributed by atoms with E-state index in [1.807, 2.05) is 0 Å². The maximum absolute atomic E-state index is 2.36. The van der Waals surface area contributed by atoms with Crippen LogP contribution in [0.1, 0.15) is 0 Å². The second-order valence-electron chi connectivity index (χ2n) is 5.50. The molecule has 3 aromatic carbocycles. The zero-order chi connectivity index (χ0) is 14.5. The van der Waals surface area contributed by atoms with Crippen molar-refractivity contribution in [3.63, 3.8) is 0 Å². The summed E-state index contributed by atoms with van der Waals surface area (Å²) in [6.07, 6.45) is 0. The summed E-state index contributed by atoms with van der Waals surface area (Å²) < 4.78 is 0. The Balaban J connectivity index is 2.05. The van der Waals surface area contributed by atoms with E-state index in [0.717, 1.165) is 0 Å². The molecule has 0 fully saturated rings. The first-order valence-corrected chi connectivity index (χ1v) is 16.5. The van der Waals surface area contributed by atoms with Gasteiger partial charge in [0.2, 0.25) is 0 Å². The molecule has 0 aromatic heterocycles. The third-order valence-corrected chi connectivity index (χ3v) is 23.2. The lowest BCUT2D eigenvalue weighted by atomic mass is 10.4. The van der Waals surface area contributed by atoms with Crippen LogP contribution in [0.2, 0.25) is 0 Å². The van der Waals surface area contributed by atoms with E-state index in [-0.39, 0.29) is 0 Å². The van der Waals surface area contributed by atoms with Crippen molar-refractivity contribution in [1.29, 1.82) is 0 Å². The van der Waals surface area contributed by atoms with Crippen molar-refractivity contribution in [3.05, 3.63) is 91.0 Å². The van der Waals surface area contributed by atoms with Crippen molar-refractivity contribution in [1.82, 2.24) is 0 Å². The molecule has 1 unspecified atom stereocenters. The molecule has 3 rings (SSSR count). The first kappa shape index (κ1) is 14.3. The SMILES string of the molecule is [SiH3][SiH](c1ccccc1)[SiH](c1ccccc1)c1ccccc1. The van der Waals surface area contributed by atoms with Crippen LogP contribution in [0.4, 0.5) is 0 Å². The molecule has 0 bridgehead atoms. The van der Waals surface area contributed by atoms with Gasteiger partial charge in [0, 0.05) is 0 Å². The average molecular weight is 321 g/mol. The summed E-state index contributed by atoms with van der Waals surface area (Å²) in [7, 11) is -0.591. The van der Waals surface area contributed by atoms with Crippen LogP contribution in [0.25, 0.3) is 0 Å². The molecule has 0 saturated carbocycles. The van der Waals surface area contributed by atoms with Gasteiger partial charge in [-0.2, -0.15) is 0 Å². The van der Waals surface area contributed by atoms with E-state index in [2.05, 4.69) is 91.0 Å². The smallest absolute Gasteiger partial charge is 0.0687 e. The quantitative estimate of drug-likeness (QED) is 0.598. The van der Waals surface area contributed by atoms with Gasteiger partial charge in [0.25, 0.3) is 0 Å². The lowest BCUT2D eigenvalue weighted by Crippen LogP contribution is -2.60. The van der Waals surface area contributed by atoms with Crippen LogP contribution in [0.3, 0.4) is 0 Å². The Bertz CT molecular complexity index is 629. The number of hydrogen-bond acceptors (Lipinski definition) is 0. The van der Waals surface area contributed by atoms with Crippen molar-refractivity contribution in [2.45, 2.75) is 0 Å². The molecule has 0 amide bonds. The van der Waals surface area contributed by atoms with Crippen LogP contribution in [0.15, 0.2) is 91.0 Å². The highest BCUT2D eigenvalue weighted by Gasteiger charge is 2.25. The minimum absolute atomic E-state index is 0.851. The highest BCUT2D eigenvalue weighted by molar-refractivity contribution is 7.52. The minimum atomic E-state index is -1.07. The summed E-state index contributed by atoms with van der Waals surface area (Å²) in [5.74, 6) is 0. The second kappa shape index (κ2) is 6.85. The molecular weight excluding hydrogens is 300 g/mol. The topological polar surface area (TPSA) is 0 Å². The molecule has 104 valence electrons. The zero-order valence-corrected chi connectivity index (χ0v) is 16.6. The van der Waals surface area contributed by atoms with Gasteiger partial charge >= 0.3 is 0 Å². The number of hydrogen-bond donors (Lipinski definition) is 0. The Hall–Kier alpha value is -1.69. The predicted octanol–water partition coefficient (Wildman–Crippen LogP) is 0.103. The van der Waals surface area contributed by atoms with Gasteiger partial charge in [0.05, 0.1) is 16.1 Å². The fourth-order valence-corrected chi connectivity index (χ4v) is 21.8. The van der Waals surface area contributed by atoms with Crippen molar-refractivity contribution in [2.24, 2.45) is 0 Å². The minimum Gasteiger partial charge on any atom is -0.0687 e. The maximum Gasteiger partial charge on any atom is 0.0946 e. The van der Waals surface area contributed by atoms with Gasteiger partial charge in [-0.25, -0.2) is 0 Å². The van der Waals surface area contributed by atoms with E-state index >= 15 is 0 Å². The summed E-state index contributed by atoms with van der Waals surface area (Å²) in [6.45, 7) is 0. The summed E-state index contributed by atoms with van der Waals surface area (Å²) in [6, 6.07) is 33.7. The molecule has 0 heterocycles. The third-order valence-electron chi connectivity index (χ3n) is 4.14. The Morgan fingerprint density at radius 2 is 0.810 bits per heavy atom. The molecule has 3 heteroatoms. The van der Waals surface area contributed by atoms with Gasteiger partial charge in [-0.1, -0.05) is 107 Å². The van der Waals surface area contributed by atoms with Gasteiger partial charge in [-0.15, -0.1) is 0 Å². The normalized spacial score (nSPS) is 12.4. The van der Waals surface area contributed by atoms with Crippen LogP contribution in [-0.2, 0) is 0 Å². The zero-order valence-electron chi connectivity index (χ0n) is 12.3. The summed E-state index contributed by atoms with van der Waals surface area (Å²) in [4.78, 5) is 0. The van der Waals surface area contributed by atoms with Gasteiger partial charge in [0.1, 0.15) is 0 Å². The fourth-order valence-electron chi connectivity index (χ4n) is 3.04. The van der Waals surface area contributed by atoms with Crippen molar-refractivity contribution in [3.8, 4) is 0 Å². The van der Waals surface area contributed by atoms with Gasteiger partial charge in [-0.05, 0) is 9.76 Å². The predicted molar refractivity (Wildman–Crippen MR) is 102 cm³/mol. The Morgan fingerprint density at radius 3 is 1.19 bits per heavy atom. The van der Waals surface area contributed by atoms with Crippen molar-refractivity contribution in [2.75, 3.05) is 0 Å². The van der Waals surface area contributed by atoms with E-state index in [9.17, 15) is 0 Å². The van der Waals surface area contributed by atoms with Crippen LogP contribution in [0, 0.1) is 0 Å². The Kier molecular flexibility index (Phi) is 4.65. The van der Waals surface area contributed by atoms with E-state index in [4.69, 9.17) is 0 Å². The molecule has 0 radical (unpaired) electrons. The standard InChI is InChI=1S/C18H20Si3/c19-21(18-14-8-3-9-15-18)20(16-10-4-1-5-11-16)17-12-6-2-7-13-17/h1-15,20-21H,19H3. The average Bonchev–Trinajstić information content (AvgIpc) is 2.58. The Labute approximate surface area is 132 Å². The first-order chi connectivity index (χ1) is 10.4. The maximum atomic E-state index is 2.36. The third kappa shape index (κ3) is 3.32. The summed E-state index contributed by atoms with van der Waals surface area (Å²) in [5.41, 5.74) is 0. The van der Waals surface area contributed by atoms with Crippen LogP contribution in [-0.4, -0.2) is 25.9 Å². The second-order valence-corrected chi connectivity index (χ2v) is 22.8. The highest BCUT2D eigenvalue weighted by atomic mass is 29.6. The van der Waals surface area contributed by atoms with E-state index in [1.165, 1.54) is 9.76 Å². The number of rotatable bonds is 4. The molecule has 0 N–H and O–H groups in total. The summed E-state index contributed by atoms with van der Waals surface area (Å²) >= 11 is 0. The highest BCUT2D eigenvalue weighted by Crippen LogP contribution is 1.97. The van der Waals surface area contributed by atoms with Crippen molar-refractivity contribution >= 4 is 41.5 Å². The van der Waals surface area contributed by atoms with E-state index in [0.29, 0.717) is 0 Å². The lowest BCUT2D eigenvalue weighted by molar-refractivity contribution is 1.74. The molecule has 1 atom stereocenters. The lowest BCUT2D eigenvalue weighted by Gasteiger charge is -2.23. The van der Waals surface area contributed by atoms with Gasteiger partial charge in [0.15, 0.2) is 0 Å². The molecule has 0 spiro atoms. The van der Waals surface area contributed by atoms with Crippen LogP contribution < -0.4 is 15.6 Å². The molecule has 0 aliphatic rings. The van der Waals surface area contributed by atoms with Crippen LogP contribution >= 0.6 is 0 Å². The molecule has 3 aromatic rings. The number of benzene rings is 3. The molecule has 0 aliphatic carbocycles. The van der Waals surface area contributed by atoms with E-state index < -0.39 is 16.1 Å².